The van der Waals surface area contributed by atoms with Crippen molar-refractivity contribution in [2.45, 2.75) is 32.0 Å². The Labute approximate surface area is 261 Å². The summed E-state index contributed by atoms with van der Waals surface area (Å²) in [4.78, 5) is 26.2. The average Bonchev–Trinajstić information content (AvgIpc) is 3.63. The summed E-state index contributed by atoms with van der Waals surface area (Å²) in [6.07, 6.45) is 5.16. The number of rotatable bonds is 10. The zero-order valence-electron chi connectivity index (χ0n) is 24.1. The Morgan fingerprint density at radius 2 is 1.75 bits per heavy atom. The molecule has 3 aromatic heterocycles. The standard InChI is InChI=1S/C30H32F2N8O2S2/c1-21-3-6-23(7-4-21)40-27-26(44-29(40)43)28(41)38(20-34-27)10-2-9-36-11-13-37(14-12-36)16-30(42,17-39-19-33-18-35-39)24-8-5-22(31)15-25(24)32/h3-8,15,18-20,42H,2,9-14,16-17H2,1H3. The van der Waals surface area contributed by atoms with Gasteiger partial charge in [0.2, 0.25) is 0 Å². The molecule has 1 aliphatic heterocycles. The van der Waals surface area contributed by atoms with Crippen LogP contribution >= 0.6 is 23.6 Å². The molecule has 0 aliphatic carbocycles. The molecule has 2 aromatic carbocycles. The van der Waals surface area contributed by atoms with Crippen molar-refractivity contribution >= 4 is 33.9 Å². The van der Waals surface area contributed by atoms with Crippen LogP contribution in [-0.4, -0.2) is 83.1 Å². The van der Waals surface area contributed by atoms with Crippen LogP contribution in [0.4, 0.5) is 8.78 Å². The summed E-state index contributed by atoms with van der Waals surface area (Å²) >= 11 is 6.86. The molecule has 0 amide bonds. The van der Waals surface area contributed by atoms with E-state index in [0.717, 1.165) is 49.4 Å². The van der Waals surface area contributed by atoms with E-state index in [-0.39, 0.29) is 24.2 Å². The number of aliphatic hydroxyl groups is 1. The Hall–Kier alpha value is -3.69. The maximum absolute atomic E-state index is 14.8. The highest BCUT2D eigenvalue weighted by atomic mass is 32.1. The summed E-state index contributed by atoms with van der Waals surface area (Å²) < 4.78 is 34.5. The molecule has 5 aromatic rings. The number of hydrogen-bond acceptors (Lipinski definition) is 9. The highest BCUT2D eigenvalue weighted by molar-refractivity contribution is 7.73. The molecule has 1 N–H and O–H groups in total. The molecule has 1 unspecified atom stereocenters. The van der Waals surface area contributed by atoms with Gasteiger partial charge in [0.05, 0.1) is 12.9 Å². The van der Waals surface area contributed by atoms with Crippen molar-refractivity contribution < 1.29 is 13.9 Å². The molecule has 44 heavy (non-hydrogen) atoms. The lowest BCUT2D eigenvalue weighted by molar-refractivity contribution is -0.0319. The predicted molar refractivity (Wildman–Crippen MR) is 167 cm³/mol. The molecule has 1 fully saturated rings. The number of nitrogens with zero attached hydrogens (tertiary/aromatic N) is 8. The zero-order chi connectivity index (χ0) is 30.8. The van der Waals surface area contributed by atoms with Crippen LogP contribution in [0.15, 0.2) is 66.2 Å². The van der Waals surface area contributed by atoms with E-state index >= 15 is 0 Å². The molecule has 230 valence electrons. The Bertz CT molecular complexity index is 1870. The Kier molecular flexibility index (Phi) is 8.78. The van der Waals surface area contributed by atoms with Crippen molar-refractivity contribution in [3.05, 3.63) is 98.5 Å². The molecule has 0 radical (unpaired) electrons. The van der Waals surface area contributed by atoms with E-state index < -0.39 is 17.2 Å². The fourth-order valence-electron chi connectivity index (χ4n) is 5.69. The summed E-state index contributed by atoms with van der Waals surface area (Å²) in [7, 11) is 0. The smallest absolute Gasteiger partial charge is 0.272 e. The number of aromatic nitrogens is 6. The van der Waals surface area contributed by atoms with Gasteiger partial charge in [0, 0.05) is 56.6 Å². The van der Waals surface area contributed by atoms with Crippen LogP contribution in [0.2, 0.25) is 0 Å². The third-order valence-electron chi connectivity index (χ3n) is 8.00. The quantitative estimate of drug-likeness (QED) is 0.231. The fourth-order valence-corrected chi connectivity index (χ4v) is 7.03. The summed E-state index contributed by atoms with van der Waals surface area (Å²) in [5.41, 5.74) is 0.889. The highest BCUT2D eigenvalue weighted by Crippen LogP contribution is 2.28. The first-order valence-electron chi connectivity index (χ1n) is 14.3. The fraction of sp³-hybridized carbons (Fsp3) is 0.367. The Balaban J connectivity index is 1.07. The molecule has 4 heterocycles. The third kappa shape index (κ3) is 6.40. The lowest BCUT2D eigenvalue weighted by atomic mass is 9.92. The van der Waals surface area contributed by atoms with Gasteiger partial charge in [-0.05, 0) is 50.3 Å². The largest absolute Gasteiger partial charge is 0.382 e. The van der Waals surface area contributed by atoms with Crippen molar-refractivity contribution in [1.29, 1.82) is 0 Å². The number of aryl methyl sites for hydroxylation is 2. The van der Waals surface area contributed by atoms with Crippen molar-refractivity contribution in [2.24, 2.45) is 0 Å². The monoisotopic (exact) mass is 638 g/mol. The van der Waals surface area contributed by atoms with Crippen LogP contribution in [0, 0.1) is 22.5 Å². The molecule has 6 rings (SSSR count). The second-order valence-electron chi connectivity index (χ2n) is 11.2. The maximum atomic E-state index is 14.8. The van der Waals surface area contributed by atoms with Gasteiger partial charge >= 0.3 is 0 Å². The van der Waals surface area contributed by atoms with Gasteiger partial charge in [-0.25, -0.2) is 23.4 Å². The van der Waals surface area contributed by atoms with Crippen LogP contribution in [0.1, 0.15) is 17.5 Å². The lowest BCUT2D eigenvalue weighted by Gasteiger charge is -2.39. The number of thiazole rings is 1. The molecule has 1 aliphatic rings. The normalized spacial score (nSPS) is 16.0. The van der Waals surface area contributed by atoms with E-state index in [2.05, 4.69) is 24.9 Å². The first-order valence-corrected chi connectivity index (χ1v) is 15.6. The SMILES string of the molecule is Cc1ccc(-n2c(=S)sc3c(=O)n(CCCN4CCN(CC(O)(Cn5cncn5)c5ccc(F)cc5F)CC4)cnc32)cc1. The van der Waals surface area contributed by atoms with Gasteiger partial charge in [0.25, 0.3) is 5.56 Å². The van der Waals surface area contributed by atoms with Crippen molar-refractivity contribution in [1.82, 2.24) is 38.7 Å². The molecule has 1 atom stereocenters. The third-order valence-corrected chi connectivity index (χ3v) is 9.35. The molecule has 14 heteroatoms. The minimum atomic E-state index is -1.63. The molecule has 0 bridgehead atoms. The van der Waals surface area contributed by atoms with Crippen LogP contribution in [-0.2, 0) is 18.7 Å². The summed E-state index contributed by atoms with van der Waals surface area (Å²) in [5, 5.41) is 15.7. The molecular formula is C30H32F2N8O2S2. The minimum Gasteiger partial charge on any atom is -0.382 e. The molecule has 1 saturated heterocycles. The van der Waals surface area contributed by atoms with Crippen molar-refractivity contribution in [3.8, 4) is 5.69 Å². The van der Waals surface area contributed by atoms with E-state index in [1.807, 2.05) is 35.8 Å². The van der Waals surface area contributed by atoms with E-state index in [0.29, 0.717) is 33.9 Å². The minimum absolute atomic E-state index is 0.0196. The number of hydrogen-bond donors (Lipinski definition) is 1. The Morgan fingerprint density at radius 3 is 2.45 bits per heavy atom. The molecule has 10 nitrogen and oxygen atoms in total. The first-order chi connectivity index (χ1) is 21.2. The second kappa shape index (κ2) is 12.7. The lowest BCUT2D eigenvalue weighted by Crippen LogP contribution is -2.52. The summed E-state index contributed by atoms with van der Waals surface area (Å²) in [6.45, 7) is 6.27. The molecule has 0 spiro atoms. The van der Waals surface area contributed by atoms with E-state index in [9.17, 15) is 18.7 Å². The summed E-state index contributed by atoms with van der Waals surface area (Å²) in [6, 6.07) is 11.2. The van der Waals surface area contributed by atoms with Gasteiger partial charge in [0.15, 0.2) is 9.60 Å². The Morgan fingerprint density at radius 1 is 1.00 bits per heavy atom. The van der Waals surface area contributed by atoms with Crippen LogP contribution in [0.25, 0.3) is 16.0 Å². The van der Waals surface area contributed by atoms with Gasteiger partial charge in [0.1, 0.15) is 34.6 Å². The number of fused-ring (bicyclic) bond motifs is 1. The molecule has 0 saturated carbocycles. The average molecular weight is 639 g/mol. The van der Waals surface area contributed by atoms with E-state index in [4.69, 9.17) is 12.2 Å². The van der Waals surface area contributed by atoms with Crippen LogP contribution < -0.4 is 5.56 Å². The van der Waals surface area contributed by atoms with E-state index in [1.165, 1.54) is 34.7 Å². The first kappa shape index (κ1) is 30.3. The second-order valence-corrected chi connectivity index (χ2v) is 12.8. The van der Waals surface area contributed by atoms with Gasteiger partial charge < -0.3 is 10.0 Å². The predicted octanol–water partition coefficient (Wildman–Crippen LogP) is 3.75. The van der Waals surface area contributed by atoms with Crippen LogP contribution in [0.5, 0.6) is 0 Å². The number of β-amino-alcohol motifs (C(OH)–C–C–N with tert-alkyl or cyclic N) is 1. The van der Waals surface area contributed by atoms with Crippen molar-refractivity contribution in [3.63, 3.8) is 0 Å². The number of benzene rings is 2. The zero-order valence-corrected chi connectivity index (χ0v) is 25.8. The van der Waals surface area contributed by atoms with Gasteiger partial charge in [-0.2, -0.15) is 5.10 Å². The van der Waals surface area contributed by atoms with Gasteiger partial charge in [-0.1, -0.05) is 35.1 Å². The number of halogens is 2. The number of piperazine rings is 1. The van der Waals surface area contributed by atoms with E-state index in [1.54, 1.807) is 10.9 Å². The van der Waals surface area contributed by atoms with Crippen LogP contribution in [0.3, 0.4) is 0 Å². The highest BCUT2D eigenvalue weighted by Gasteiger charge is 2.36. The summed E-state index contributed by atoms with van der Waals surface area (Å²) in [5.74, 6) is -1.50. The maximum Gasteiger partial charge on any atom is 0.272 e. The topological polar surface area (TPSA) is 97.2 Å². The van der Waals surface area contributed by atoms with Gasteiger partial charge in [-0.3, -0.25) is 18.8 Å². The van der Waals surface area contributed by atoms with Crippen molar-refractivity contribution in [2.75, 3.05) is 39.3 Å². The molecular weight excluding hydrogens is 607 g/mol. The van der Waals surface area contributed by atoms with Gasteiger partial charge in [-0.15, -0.1) is 0 Å².